The van der Waals surface area contributed by atoms with Crippen LogP contribution in [0, 0.1) is 0 Å². The van der Waals surface area contributed by atoms with Crippen molar-refractivity contribution in [2.24, 2.45) is 0 Å². The summed E-state index contributed by atoms with van der Waals surface area (Å²) in [7, 11) is 0. The van der Waals surface area contributed by atoms with Crippen LogP contribution in [0.4, 0.5) is 0 Å². The second-order valence-electron chi connectivity index (χ2n) is 5.30. The van der Waals surface area contributed by atoms with Gasteiger partial charge in [0.25, 0.3) is 5.89 Å². The largest absolute Gasteiger partial charge is 0.332 e. The Bertz CT molecular complexity index is 566. The topological polar surface area (TPSA) is 81.7 Å². The first kappa shape index (κ1) is 11.1. The number of piperidine rings is 1. The van der Waals surface area contributed by atoms with Crippen LogP contribution in [0.15, 0.2) is 10.7 Å². The van der Waals surface area contributed by atoms with Gasteiger partial charge in [-0.25, -0.2) is 4.68 Å². The highest BCUT2D eigenvalue weighted by atomic mass is 16.5. The van der Waals surface area contributed by atoms with Crippen LogP contribution in [0.25, 0.3) is 11.6 Å². The first-order valence-corrected chi connectivity index (χ1v) is 6.86. The summed E-state index contributed by atoms with van der Waals surface area (Å²) in [6.07, 6.45) is 6.42. The van der Waals surface area contributed by atoms with Gasteiger partial charge in [0.15, 0.2) is 11.5 Å². The Morgan fingerprint density at radius 1 is 1.21 bits per heavy atom. The maximum Gasteiger partial charge on any atom is 0.280 e. The van der Waals surface area contributed by atoms with Crippen molar-refractivity contribution in [3.05, 3.63) is 12.0 Å². The average Bonchev–Trinajstić information content (AvgIpc) is 3.01. The molecular formula is C12H16N6O. The molecule has 2 fully saturated rings. The van der Waals surface area contributed by atoms with Crippen LogP contribution in [-0.4, -0.2) is 38.2 Å². The molecule has 4 rings (SSSR count). The highest BCUT2D eigenvalue weighted by Gasteiger charge is 2.29. The minimum atomic E-state index is 0.424. The van der Waals surface area contributed by atoms with Crippen LogP contribution in [0.3, 0.4) is 0 Å². The lowest BCUT2D eigenvalue weighted by Crippen LogP contribution is -2.29. The summed E-state index contributed by atoms with van der Waals surface area (Å²) >= 11 is 0. The van der Waals surface area contributed by atoms with Gasteiger partial charge in [0.05, 0.1) is 12.2 Å². The van der Waals surface area contributed by atoms with Gasteiger partial charge in [0.2, 0.25) is 0 Å². The Morgan fingerprint density at radius 3 is 2.84 bits per heavy atom. The van der Waals surface area contributed by atoms with Crippen molar-refractivity contribution in [1.82, 2.24) is 30.5 Å². The summed E-state index contributed by atoms with van der Waals surface area (Å²) in [5.74, 6) is 1.80. The summed E-state index contributed by atoms with van der Waals surface area (Å²) in [5, 5.41) is 15.7. The summed E-state index contributed by atoms with van der Waals surface area (Å²) in [6, 6.07) is 0.424. The van der Waals surface area contributed by atoms with E-state index in [1.165, 1.54) is 12.8 Å². The molecule has 1 aliphatic carbocycles. The molecule has 1 saturated carbocycles. The molecule has 0 atom stereocenters. The zero-order valence-corrected chi connectivity index (χ0v) is 10.6. The molecule has 1 N–H and O–H groups in total. The molecule has 3 heterocycles. The number of hydrogen-bond donors (Lipinski definition) is 1. The van der Waals surface area contributed by atoms with E-state index in [-0.39, 0.29) is 0 Å². The normalized spacial score (nSPS) is 20.8. The molecule has 1 aliphatic heterocycles. The quantitative estimate of drug-likeness (QED) is 0.891. The van der Waals surface area contributed by atoms with Crippen molar-refractivity contribution in [2.45, 2.75) is 37.6 Å². The molecule has 100 valence electrons. The molecule has 0 bridgehead atoms. The number of aromatic nitrogens is 5. The number of hydrogen-bond acceptors (Lipinski definition) is 6. The van der Waals surface area contributed by atoms with Crippen LogP contribution >= 0.6 is 0 Å². The van der Waals surface area contributed by atoms with Gasteiger partial charge in [-0.15, -0.1) is 5.10 Å². The summed E-state index contributed by atoms with van der Waals surface area (Å²) in [5.41, 5.74) is 0.679. The molecule has 0 amide bonds. The standard InChI is InChI=1S/C12H16N6O/c1-2-8(1)11-14-12(19-16-11)10-7-18(17-15-10)9-3-5-13-6-4-9/h7-9,13H,1-6H2. The highest BCUT2D eigenvalue weighted by molar-refractivity contribution is 5.43. The third kappa shape index (κ3) is 2.14. The van der Waals surface area contributed by atoms with E-state index in [0.717, 1.165) is 31.8 Å². The predicted molar refractivity (Wildman–Crippen MR) is 66.4 cm³/mol. The summed E-state index contributed by atoms with van der Waals surface area (Å²) < 4.78 is 7.19. The SMILES string of the molecule is c1c(-c2nc(C3CC3)no2)nnn1C1CCNCC1. The minimum absolute atomic E-state index is 0.424. The van der Waals surface area contributed by atoms with Crippen LogP contribution in [-0.2, 0) is 0 Å². The van der Waals surface area contributed by atoms with E-state index in [1.54, 1.807) is 0 Å². The fourth-order valence-corrected chi connectivity index (χ4v) is 2.47. The Morgan fingerprint density at radius 2 is 2.05 bits per heavy atom. The van der Waals surface area contributed by atoms with Crippen LogP contribution in [0.1, 0.15) is 43.5 Å². The maximum atomic E-state index is 5.26. The van der Waals surface area contributed by atoms with E-state index in [2.05, 4.69) is 25.8 Å². The van der Waals surface area contributed by atoms with Gasteiger partial charge >= 0.3 is 0 Å². The second-order valence-corrected chi connectivity index (χ2v) is 5.30. The van der Waals surface area contributed by atoms with E-state index < -0.39 is 0 Å². The minimum Gasteiger partial charge on any atom is -0.332 e. The second kappa shape index (κ2) is 4.41. The predicted octanol–water partition coefficient (Wildman–Crippen LogP) is 1.13. The van der Waals surface area contributed by atoms with Gasteiger partial charge in [0.1, 0.15) is 0 Å². The summed E-state index contributed by atoms with van der Waals surface area (Å²) in [6.45, 7) is 2.07. The van der Waals surface area contributed by atoms with Gasteiger partial charge in [-0.1, -0.05) is 10.4 Å². The van der Waals surface area contributed by atoms with E-state index >= 15 is 0 Å². The molecule has 0 spiro atoms. The Kier molecular flexibility index (Phi) is 2.58. The van der Waals surface area contributed by atoms with Gasteiger partial charge < -0.3 is 9.84 Å². The van der Waals surface area contributed by atoms with Gasteiger partial charge in [-0.2, -0.15) is 4.98 Å². The third-order valence-electron chi connectivity index (χ3n) is 3.80. The average molecular weight is 260 g/mol. The Balaban J connectivity index is 1.55. The van der Waals surface area contributed by atoms with Crippen molar-refractivity contribution >= 4 is 0 Å². The van der Waals surface area contributed by atoms with Crippen molar-refractivity contribution < 1.29 is 4.52 Å². The molecule has 0 radical (unpaired) electrons. The Labute approximate surface area is 110 Å². The maximum absolute atomic E-state index is 5.26. The molecule has 0 aromatic carbocycles. The van der Waals surface area contributed by atoms with E-state index in [1.807, 2.05) is 10.9 Å². The van der Waals surface area contributed by atoms with Crippen molar-refractivity contribution in [3.8, 4) is 11.6 Å². The van der Waals surface area contributed by atoms with Crippen LogP contribution in [0.5, 0.6) is 0 Å². The lowest BCUT2D eigenvalue weighted by atomic mass is 10.1. The fourth-order valence-electron chi connectivity index (χ4n) is 2.47. The molecule has 1 saturated heterocycles. The molecule has 2 aliphatic rings. The number of nitrogens with one attached hydrogen (secondary N) is 1. The first-order valence-electron chi connectivity index (χ1n) is 6.86. The monoisotopic (exact) mass is 260 g/mol. The highest BCUT2D eigenvalue weighted by Crippen LogP contribution is 2.38. The smallest absolute Gasteiger partial charge is 0.280 e. The van der Waals surface area contributed by atoms with E-state index in [0.29, 0.717) is 23.5 Å². The molecule has 19 heavy (non-hydrogen) atoms. The Hall–Kier alpha value is -1.76. The molecule has 2 aromatic heterocycles. The van der Waals surface area contributed by atoms with Crippen LogP contribution < -0.4 is 5.32 Å². The fraction of sp³-hybridized carbons (Fsp3) is 0.667. The zero-order valence-electron chi connectivity index (χ0n) is 10.6. The zero-order chi connectivity index (χ0) is 12.7. The molecule has 7 heteroatoms. The van der Waals surface area contributed by atoms with Gasteiger partial charge in [-0.05, 0) is 38.8 Å². The van der Waals surface area contributed by atoms with E-state index in [4.69, 9.17) is 4.52 Å². The lowest BCUT2D eigenvalue weighted by molar-refractivity contribution is 0.337. The molecular weight excluding hydrogens is 244 g/mol. The van der Waals surface area contributed by atoms with Gasteiger partial charge in [0, 0.05) is 5.92 Å². The van der Waals surface area contributed by atoms with Crippen molar-refractivity contribution in [1.29, 1.82) is 0 Å². The van der Waals surface area contributed by atoms with E-state index in [9.17, 15) is 0 Å². The lowest BCUT2D eigenvalue weighted by Gasteiger charge is -2.21. The van der Waals surface area contributed by atoms with Crippen molar-refractivity contribution in [2.75, 3.05) is 13.1 Å². The molecule has 2 aromatic rings. The van der Waals surface area contributed by atoms with Crippen LogP contribution in [0.2, 0.25) is 0 Å². The van der Waals surface area contributed by atoms with Gasteiger partial charge in [-0.3, -0.25) is 0 Å². The number of rotatable bonds is 3. The number of nitrogens with zero attached hydrogens (tertiary/aromatic N) is 5. The molecule has 0 unspecified atom stereocenters. The molecule has 7 nitrogen and oxygen atoms in total. The first-order chi connectivity index (χ1) is 9.40. The summed E-state index contributed by atoms with van der Waals surface area (Å²) in [4.78, 5) is 4.40. The van der Waals surface area contributed by atoms with Crippen molar-refractivity contribution in [3.63, 3.8) is 0 Å². The third-order valence-corrected chi connectivity index (χ3v) is 3.80.